The molecule has 0 amide bonds. The second-order valence-electron chi connectivity index (χ2n) is 5.95. The lowest BCUT2D eigenvalue weighted by molar-refractivity contribution is -0.160. The van der Waals surface area contributed by atoms with Gasteiger partial charge in [-0.05, 0) is 41.5 Å². The van der Waals surface area contributed by atoms with Gasteiger partial charge in [0, 0.05) is 19.4 Å². The van der Waals surface area contributed by atoms with Crippen molar-refractivity contribution in [2.75, 3.05) is 0 Å². The van der Waals surface area contributed by atoms with Crippen molar-refractivity contribution in [3.63, 3.8) is 0 Å². The Hall–Kier alpha value is -4.01. The van der Waals surface area contributed by atoms with Gasteiger partial charge in [-0.1, -0.05) is 12.1 Å². The van der Waals surface area contributed by atoms with Crippen LogP contribution in [0.5, 0.6) is 23.0 Å². The van der Waals surface area contributed by atoms with E-state index in [9.17, 15) is 34.8 Å². The molecule has 2 rings (SSSR count). The molecule has 9 heteroatoms. The van der Waals surface area contributed by atoms with Crippen LogP contribution in [0.15, 0.2) is 42.5 Å². The Bertz CT molecular complexity index is 962. The van der Waals surface area contributed by atoms with Crippen LogP contribution in [0.3, 0.4) is 0 Å². The smallest absolute Gasteiger partial charge is 0.345 e. The number of hydrogen-bond donors (Lipinski definition) is 4. The van der Waals surface area contributed by atoms with Gasteiger partial charge in [0.2, 0.25) is 6.10 Å². The van der Waals surface area contributed by atoms with Crippen LogP contribution in [-0.2, 0) is 25.5 Å². The van der Waals surface area contributed by atoms with Crippen LogP contribution < -0.4 is 4.74 Å². The van der Waals surface area contributed by atoms with Crippen molar-refractivity contribution in [3.8, 4) is 23.0 Å². The number of carbonyl (C=O) groups is 3. The minimum atomic E-state index is -1.52. The van der Waals surface area contributed by atoms with Crippen LogP contribution in [0.25, 0.3) is 6.08 Å². The van der Waals surface area contributed by atoms with Crippen LogP contribution in [0.1, 0.15) is 18.1 Å². The summed E-state index contributed by atoms with van der Waals surface area (Å²) in [6, 6.07) is 7.77. The third-order valence-electron chi connectivity index (χ3n) is 3.64. The Balaban J connectivity index is 2.07. The molecule has 1 atom stereocenters. The molecule has 0 fully saturated rings. The van der Waals surface area contributed by atoms with E-state index in [4.69, 9.17) is 9.47 Å². The molecule has 0 aliphatic heterocycles. The van der Waals surface area contributed by atoms with Gasteiger partial charge in [0.25, 0.3) is 0 Å². The Labute approximate surface area is 165 Å². The van der Waals surface area contributed by atoms with Gasteiger partial charge in [0.15, 0.2) is 23.0 Å². The molecular weight excluding hydrogens is 384 g/mol. The molecule has 29 heavy (non-hydrogen) atoms. The zero-order valence-electron chi connectivity index (χ0n) is 15.2. The van der Waals surface area contributed by atoms with Crippen molar-refractivity contribution < 1.29 is 44.3 Å². The zero-order chi connectivity index (χ0) is 21.6. The maximum atomic E-state index is 12.0. The number of carbonyl (C=O) groups excluding carboxylic acids is 2. The molecule has 0 aliphatic carbocycles. The fraction of sp³-hybridized carbons (Fsp3) is 0.150. The number of ether oxygens (including phenoxy) is 2. The Kier molecular flexibility index (Phi) is 6.80. The van der Waals surface area contributed by atoms with Gasteiger partial charge in [-0.15, -0.1) is 0 Å². The molecule has 0 heterocycles. The highest BCUT2D eigenvalue weighted by Gasteiger charge is 2.22. The van der Waals surface area contributed by atoms with Gasteiger partial charge >= 0.3 is 17.9 Å². The van der Waals surface area contributed by atoms with Gasteiger partial charge in [0.1, 0.15) is 0 Å². The minimum Gasteiger partial charge on any atom is -0.504 e. The lowest BCUT2D eigenvalue weighted by Crippen LogP contribution is -2.28. The highest BCUT2D eigenvalue weighted by Crippen LogP contribution is 2.28. The average Bonchev–Trinajstić information content (AvgIpc) is 2.64. The van der Waals surface area contributed by atoms with Gasteiger partial charge in [-0.2, -0.15) is 0 Å². The quantitative estimate of drug-likeness (QED) is 0.236. The molecule has 0 radical (unpaired) electrons. The average molecular weight is 402 g/mol. The number of carboxylic acids is 1. The van der Waals surface area contributed by atoms with Crippen molar-refractivity contribution in [2.45, 2.75) is 19.4 Å². The Morgan fingerprint density at radius 2 is 1.69 bits per heavy atom. The number of hydrogen-bond acceptors (Lipinski definition) is 8. The summed E-state index contributed by atoms with van der Waals surface area (Å²) in [6.45, 7) is 1.17. The summed E-state index contributed by atoms with van der Waals surface area (Å²) in [4.78, 5) is 34.3. The van der Waals surface area contributed by atoms with E-state index >= 15 is 0 Å². The number of rotatable bonds is 7. The summed E-state index contributed by atoms with van der Waals surface area (Å²) in [7, 11) is 0. The summed E-state index contributed by atoms with van der Waals surface area (Å²) in [5.41, 5.74) is 0.736. The van der Waals surface area contributed by atoms with Crippen LogP contribution >= 0.6 is 0 Å². The lowest BCUT2D eigenvalue weighted by atomic mass is 10.1. The number of esters is 2. The number of phenolic OH excluding ortho intramolecular Hbond substituents is 3. The van der Waals surface area contributed by atoms with Gasteiger partial charge in [-0.25, -0.2) is 9.59 Å². The highest BCUT2D eigenvalue weighted by atomic mass is 16.6. The molecule has 4 N–H and O–H groups in total. The second-order valence-corrected chi connectivity index (χ2v) is 5.95. The first kappa shape index (κ1) is 21.3. The van der Waals surface area contributed by atoms with E-state index in [0.717, 1.165) is 6.08 Å². The number of benzene rings is 2. The monoisotopic (exact) mass is 402 g/mol. The molecule has 0 spiro atoms. The number of phenols is 3. The second kappa shape index (κ2) is 9.27. The molecule has 0 bridgehead atoms. The third kappa shape index (κ3) is 6.28. The third-order valence-corrected chi connectivity index (χ3v) is 3.64. The van der Waals surface area contributed by atoms with Gasteiger partial charge < -0.3 is 29.9 Å². The molecule has 152 valence electrons. The molecular formula is C20H18O9. The maximum Gasteiger partial charge on any atom is 0.345 e. The highest BCUT2D eigenvalue weighted by molar-refractivity contribution is 5.89. The standard InChI is InChI=1S/C20H18O9/c1-11(21)28-17-9-12(2-6-15(17)23)4-7-19(25)29-18(20(26)27)10-13-3-5-14(22)16(24)8-13/h2-9,18,22-24H,10H2,1H3,(H,26,27)/b7-4+. The minimum absolute atomic E-state index is 0.0939. The molecule has 0 saturated heterocycles. The maximum absolute atomic E-state index is 12.0. The van der Waals surface area contributed by atoms with E-state index in [1.807, 2.05) is 0 Å². The largest absolute Gasteiger partial charge is 0.504 e. The topological polar surface area (TPSA) is 151 Å². The van der Waals surface area contributed by atoms with Gasteiger partial charge in [-0.3, -0.25) is 4.79 Å². The van der Waals surface area contributed by atoms with E-state index in [2.05, 4.69) is 0 Å². The van der Waals surface area contributed by atoms with E-state index in [1.54, 1.807) is 0 Å². The normalized spacial score (nSPS) is 11.8. The predicted molar refractivity (Wildman–Crippen MR) is 99.4 cm³/mol. The SMILES string of the molecule is CC(=O)Oc1cc(/C=C/C(=O)OC(Cc2ccc(O)c(O)c2)C(=O)O)ccc1O. The van der Waals surface area contributed by atoms with Crippen molar-refractivity contribution in [3.05, 3.63) is 53.6 Å². The first-order valence-corrected chi connectivity index (χ1v) is 8.29. The summed E-state index contributed by atoms with van der Waals surface area (Å²) < 4.78 is 9.74. The molecule has 0 aromatic heterocycles. The van der Waals surface area contributed by atoms with Crippen LogP contribution in [0.4, 0.5) is 0 Å². The molecule has 2 aromatic carbocycles. The summed E-state index contributed by atoms with van der Waals surface area (Å²) in [5, 5.41) is 37.6. The Morgan fingerprint density at radius 3 is 2.31 bits per heavy atom. The van der Waals surface area contributed by atoms with E-state index < -0.39 is 29.8 Å². The van der Waals surface area contributed by atoms with Crippen molar-refractivity contribution >= 4 is 24.0 Å². The predicted octanol–water partition coefficient (Wildman–Crippen LogP) is 1.98. The fourth-order valence-electron chi connectivity index (χ4n) is 2.30. The molecule has 0 aliphatic rings. The number of aromatic hydroxyl groups is 3. The molecule has 2 aromatic rings. The first-order valence-electron chi connectivity index (χ1n) is 8.29. The van der Waals surface area contributed by atoms with E-state index in [0.29, 0.717) is 11.1 Å². The Morgan fingerprint density at radius 1 is 1.00 bits per heavy atom. The fourth-order valence-corrected chi connectivity index (χ4v) is 2.30. The van der Waals surface area contributed by atoms with Crippen molar-refractivity contribution in [1.82, 2.24) is 0 Å². The van der Waals surface area contributed by atoms with Crippen LogP contribution in [0.2, 0.25) is 0 Å². The van der Waals surface area contributed by atoms with E-state index in [1.165, 1.54) is 49.4 Å². The van der Waals surface area contributed by atoms with Crippen molar-refractivity contribution in [1.29, 1.82) is 0 Å². The molecule has 0 saturated carbocycles. The molecule has 1 unspecified atom stereocenters. The van der Waals surface area contributed by atoms with Crippen molar-refractivity contribution in [2.24, 2.45) is 0 Å². The molecule has 9 nitrogen and oxygen atoms in total. The van der Waals surface area contributed by atoms with Crippen LogP contribution in [0, 0.1) is 0 Å². The van der Waals surface area contributed by atoms with E-state index in [-0.39, 0.29) is 23.7 Å². The summed E-state index contributed by atoms with van der Waals surface area (Å²) in [6.07, 6.45) is 0.528. The number of carboxylic acid groups (broad SMARTS) is 1. The summed E-state index contributed by atoms with van der Waals surface area (Å²) in [5.74, 6) is -4.10. The van der Waals surface area contributed by atoms with Crippen LogP contribution in [-0.4, -0.2) is 44.4 Å². The first-order chi connectivity index (χ1) is 13.7. The summed E-state index contributed by atoms with van der Waals surface area (Å²) >= 11 is 0. The lowest BCUT2D eigenvalue weighted by Gasteiger charge is -2.13. The zero-order valence-corrected chi connectivity index (χ0v) is 15.2. The number of aliphatic carboxylic acids is 1. The van der Waals surface area contributed by atoms with Gasteiger partial charge in [0.05, 0.1) is 0 Å².